The standard InChI is InChI=1S/C22H19ClN2O7/c1-24-19(26)15(20(27)25(2)22(24)30)8-13-9-16(23)18(17(10-13)31-3)32-11-12-5-4-6-14(7-12)21(28)29/h4-10H,11H2,1-3H3,(H,28,29). The van der Waals surface area contributed by atoms with Gasteiger partial charge in [-0.05, 0) is 41.5 Å². The average Bonchev–Trinajstić information content (AvgIpc) is 2.78. The molecule has 0 atom stereocenters. The Balaban J connectivity index is 1.90. The van der Waals surface area contributed by atoms with E-state index in [0.29, 0.717) is 11.1 Å². The molecule has 1 aliphatic heterocycles. The van der Waals surface area contributed by atoms with Gasteiger partial charge in [0.25, 0.3) is 11.8 Å². The Morgan fingerprint density at radius 3 is 2.34 bits per heavy atom. The molecule has 1 fully saturated rings. The molecular weight excluding hydrogens is 440 g/mol. The van der Waals surface area contributed by atoms with Gasteiger partial charge in [0.1, 0.15) is 12.2 Å². The van der Waals surface area contributed by atoms with E-state index in [2.05, 4.69) is 0 Å². The molecule has 2 aromatic rings. The minimum absolute atomic E-state index is 0.0340. The predicted molar refractivity (Wildman–Crippen MR) is 115 cm³/mol. The molecule has 1 saturated heterocycles. The third-order valence-electron chi connectivity index (χ3n) is 4.76. The third kappa shape index (κ3) is 4.42. The number of carboxylic acids is 1. The van der Waals surface area contributed by atoms with E-state index in [1.54, 1.807) is 12.1 Å². The third-order valence-corrected chi connectivity index (χ3v) is 5.04. The molecule has 4 amide bonds. The van der Waals surface area contributed by atoms with Crippen molar-refractivity contribution in [1.29, 1.82) is 0 Å². The van der Waals surface area contributed by atoms with E-state index in [9.17, 15) is 19.2 Å². The largest absolute Gasteiger partial charge is 0.493 e. The highest BCUT2D eigenvalue weighted by Crippen LogP contribution is 2.38. The van der Waals surface area contributed by atoms with Gasteiger partial charge < -0.3 is 14.6 Å². The van der Waals surface area contributed by atoms with Crippen LogP contribution in [0.4, 0.5) is 4.79 Å². The number of benzene rings is 2. The molecule has 0 radical (unpaired) electrons. The smallest absolute Gasteiger partial charge is 0.335 e. The number of amides is 4. The van der Waals surface area contributed by atoms with Crippen LogP contribution < -0.4 is 9.47 Å². The lowest BCUT2D eigenvalue weighted by atomic mass is 10.1. The molecule has 166 valence electrons. The summed E-state index contributed by atoms with van der Waals surface area (Å²) in [6.45, 7) is 0.0340. The van der Waals surface area contributed by atoms with Crippen molar-refractivity contribution in [3.05, 3.63) is 63.7 Å². The maximum atomic E-state index is 12.4. The van der Waals surface area contributed by atoms with Crippen LogP contribution in [0.15, 0.2) is 42.0 Å². The lowest BCUT2D eigenvalue weighted by molar-refractivity contribution is -0.134. The number of halogens is 1. The van der Waals surface area contributed by atoms with Gasteiger partial charge in [0, 0.05) is 14.1 Å². The molecule has 10 heteroatoms. The minimum atomic E-state index is -1.05. The number of ether oxygens (including phenoxy) is 2. The Labute approximate surface area is 188 Å². The molecule has 2 aromatic carbocycles. The Morgan fingerprint density at radius 2 is 1.75 bits per heavy atom. The van der Waals surface area contributed by atoms with Gasteiger partial charge in [-0.2, -0.15) is 0 Å². The van der Waals surface area contributed by atoms with Crippen molar-refractivity contribution in [2.75, 3.05) is 21.2 Å². The summed E-state index contributed by atoms with van der Waals surface area (Å²) in [6.07, 6.45) is 1.32. The Hall–Kier alpha value is -3.85. The highest BCUT2D eigenvalue weighted by molar-refractivity contribution is 6.33. The van der Waals surface area contributed by atoms with Gasteiger partial charge in [0.15, 0.2) is 11.5 Å². The lowest BCUT2D eigenvalue weighted by Crippen LogP contribution is -2.52. The number of urea groups is 1. The van der Waals surface area contributed by atoms with Crippen LogP contribution in [-0.4, -0.2) is 59.9 Å². The molecule has 32 heavy (non-hydrogen) atoms. The van der Waals surface area contributed by atoms with E-state index in [-0.39, 0.29) is 34.3 Å². The van der Waals surface area contributed by atoms with Gasteiger partial charge in [0.05, 0.1) is 17.7 Å². The lowest BCUT2D eigenvalue weighted by Gasteiger charge is -2.28. The van der Waals surface area contributed by atoms with Crippen molar-refractivity contribution < 1.29 is 33.8 Å². The number of barbiturate groups is 1. The topological polar surface area (TPSA) is 113 Å². The van der Waals surface area contributed by atoms with Crippen LogP contribution in [0.2, 0.25) is 5.02 Å². The van der Waals surface area contributed by atoms with Crippen molar-refractivity contribution in [2.24, 2.45) is 0 Å². The van der Waals surface area contributed by atoms with E-state index < -0.39 is 23.8 Å². The predicted octanol–water partition coefficient (Wildman–Crippen LogP) is 3.06. The fraction of sp³-hybridized carbons (Fsp3) is 0.182. The number of rotatable bonds is 6. The first-order valence-corrected chi connectivity index (χ1v) is 9.66. The summed E-state index contributed by atoms with van der Waals surface area (Å²) in [5.41, 5.74) is 0.927. The van der Waals surface area contributed by atoms with E-state index in [1.165, 1.54) is 51.5 Å². The first kappa shape index (κ1) is 22.8. The number of likely N-dealkylation sites (N-methyl/N-ethyl adjacent to an activating group) is 2. The van der Waals surface area contributed by atoms with E-state index in [1.807, 2.05) is 0 Å². The maximum Gasteiger partial charge on any atom is 0.335 e. The second-order valence-corrected chi connectivity index (χ2v) is 7.30. The van der Waals surface area contributed by atoms with Crippen LogP contribution in [-0.2, 0) is 16.2 Å². The zero-order valence-corrected chi connectivity index (χ0v) is 18.2. The SMILES string of the molecule is COc1cc(C=C2C(=O)N(C)C(=O)N(C)C2=O)cc(Cl)c1OCc1cccc(C(=O)O)c1. The van der Waals surface area contributed by atoms with Gasteiger partial charge in [0.2, 0.25) is 0 Å². The number of carbonyl (C=O) groups excluding carboxylic acids is 3. The molecule has 1 N–H and O–H groups in total. The summed E-state index contributed by atoms with van der Waals surface area (Å²) in [6, 6.07) is 8.56. The van der Waals surface area contributed by atoms with Crippen LogP contribution in [0.25, 0.3) is 6.08 Å². The van der Waals surface area contributed by atoms with Crippen molar-refractivity contribution in [3.63, 3.8) is 0 Å². The molecule has 1 heterocycles. The first-order valence-electron chi connectivity index (χ1n) is 9.28. The molecule has 0 aliphatic carbocycles. The van der Waals surface area contributed by atoms with Crippen molar-refractivity contribution in [1.82, 2.24) is 9.80 Å². The Kier molecular flexibility index (Phi) is 6.50. The molecule has 0 unspecified atom stereocenters. The summed E-state index contributed by atoms with van der Waals surface area (Å²) >= 11 is 6.36. The second kappa shape index (κ2) is 9.11. The molecular formula is C22H19ClN2O7. The molecule has 1 aliphatic rings. The summed E-state index contributed by atoms with van der Waals surface area (Å²) in [4.78, 5) is 49.5. The van der Waals surface area contributed by atoms with Crippen LogP contribution >= 0.6 is 11.6 Å². The first-order chi connectivity index (χ1) is 15.1. The number of hydrogen-bond acceptors (Lipinski definition) is 6. The van der Waals surface area contributed by atoms with Crippen LogP contribution in [0, 0.1) is 0 Å². The molecule has 0 aromatic heterocycles. The van der Waals surface area contributed by atoms with Gasteiger partial charge in [-0.3, -0.25) is 19.4 Å². The van der Waals surface area contributed by atoms with E-state index >= 15 is 0 Å². The summed E-state index contributed by atoms with van der Waals surface area (Å²) in [5, 5.41) is 9.26. The zero-order chi connectivity index (χ0) is 23.6. The van der Waals surface area contributed by atoms with E-state index in [0.717, 1.165) is 9.80 Å². The fourth-order valence-electron chi connectivity index (χ4n) is 3.05. The number of hydrogen-bond donors (Lipinski definition) is 1. The molecule has 9 nitrogen and oxygen atoms in total. The van der Waals surface area contributed by atoms with E-state index in [4.69, 9.17) is 26.2 Å². The molecule has 0 spiro atoms. The summed E-state index contributed by atoms with van der Waals surface area (Å²) in [5.74, 6) is -2.06. The minimum Gasteiger partial charge on any atom is -0.493 e. The number of carboxylic acid groups (broad SMARTS) is 1. The average molecular weight is 459 g/mol. The number of carbonyl (C=O) groups is 4. The number of imide groups is 2. The van der Waals surface area contributed by atoms with Gasteiger partial charge in [-0.15, -0.1) is 0 Å². The normalized spacial score (nSPS) is 14.0. The highest BCUT2D eigenvalue weighted by Gasteiger charge is 2.37. The number of aromatic carboxylic acids is 1. The van der Waals surface area contributed by atoms with Crippen LogP contribution in [0.3, 0.4) is 0 Å². The van der Waals surface area contributed by atoms with Gasteiger partial charge in [-0.1, -0.05) is 23.7 Å². The fourth-order valence-corrected chi connectivity index (χ4v) is 3.33. The van der Waals surface area contributed by atoms with Gasteiger partial charge in [-0.25, -0.2) is 9.59 Å². The van der Waals surface area contributed by atoms with Crippen LogP contribution in [0.1, 0.15) is 21.5 Å². The quantitative estimate of drug-likeness (QED) is 0.522. The maximum absolute atomic E-state index is 12.4. The highest BCUT2D eigenvalue weighted by atomic mass is 35.5. The summed E-state index contributed by atoms with van der Waals surface area (Å²) < 4.78 is 11.1. The zero-order valence-electron chi connectivity index (χ0n) is 17.4. The Bertz CT molecular complexity index is 1130. The number of nitrogens with zero attached hydrogens (tertiary/aromatic N) is 2. The monoisotopic (exact) mass is 458 g/mol. The Morgan fingerprint density at radius 1 is 1.09 bits per heavy atom. The van der Waals surface area contributed by atoms with Crippen molar-refractivity contribution in [3.8, 4) is 11.5 Å². The molecule has 0 bridgehead atoms. The van der Waals surface area contributed by atoms with Crippen molar-refractivity contribution >= 4 is 41.5 Å². The summed E-state index contributed by atoms with van der Waals surface area (Å²) in [7, 11) is 3.97. The number of methoxy groups -OCH3 is 1. The second-order valence-electron chi connectivity index (χ2n) is 6.90. The van der Waals surface area contributed by atoms with Crippen molar-refractivity contribution in [2.45, 2.75) is 6.61 Å². The van der Waals surface area contributed by atoms with Crippen LogP contribution in [0.5, 0.6) is 11.5 Å². The van der Waals surface area contributed by atoms with Gasteiger partial charge >= 0.3 is 12.0 Å². The molecule has 0 saturated carbocycles. The molecule has 3 rings (SSSR count).